The van der Waals surface area contributed by atoms with Gasteiger partial charge in [0.15, 0.2) is 0 Å². The third-order valence-electron chi connectivity index (χ3n) is 2.11. The number of hydrogen-bond donors (Lipinski definition) is 1. The topological polar surface area (TPSA) is 44.5 Å². The average molecular weight is 197 g/mol. The summed E-state index contributed by atoms with van der Waals surface area (Å²) in [5, 5.41) is 0. The molecule has 80 valence electrons. The molecule has 0 saturated carbocycles. The first-order chi connectivity index (χ1) is 6.83. The second-order valence-electron chi connectivity index (χ2n) is 3.56. The van der Waals surface area contributed by atoms with Gasteiger partial charge in [-0.1, -0.05) is 24.3 Å². The Morgan fingerprint density at radius 2 is 2.29 bits per heavy atom. The van der Waals surface area contributed by atoms with Gasteiger partial charge in [0.25, 0.3) is 0 Å². The van der Waals surface area contributed by atoms with E-state index in [2.05, 4.69) is 24.3 Å². The fraction of sp³-hybridized carbons (Fsp3) is 0.636. The second-order valence-corrected chi connectivity index (χ2v) is 3.56. The first-order valence-electron chi connectivity index (χ1n) is 4.98. The molecule has 0 saturated heterocycles. The van der Waals surface area contributed by atoms with Gasteiger partial charge in [-0.15, -0.1) is 0 Å². The van der Waals surface area contributed by atoms with Gasteiger partial charge in [0.1, 0.15) is 0 Å². The Balaban J connectivity index is 2.03. The number of allylic oxidation sites excluding steroid dienone is 3. The molecule has 0 fully saturated rings. The van der Waals surface area contributed by atoms with E-state index in [1.807, 2.05) is 0 Å². The number of rotatable bonds is 6. The molecule has 0 spiro atoms. The molecule has 1 aliphatic rings. The zero-order chi connectivity index (χ0) is 10.2. The molecule has 1 rings (SSSR count). The highest BCUT2D eigenvalue weighted by atomic mass is 16.5. The van der Waals surface area contributed by atoms with Crippen molar-refractivity contribution < 1.29 is 9.47 Å². The Bertz CT molecular complexity index is 201. The molecular formula is C11H19NO2. The lowest BCUT2D eigenvalue weighted by Crippen LogP contribution is -2.31. The van der Waals surface area contributed by atoms with E-state index < -0.39 is 0 Å². The first-order valence-corrected chi connectivity index (χ1v) is 4.98. The molecule has 0 aromatic rings. The summed E-state index contributed by atoms with van der Waals surface area (Å²) >= 11 is 0. The highest BCUT2D eigenvalue weighted by Gasteiger charge is 2.07. The van der Waals surface area contributed by atoms with Gasteiger partial charge in [-0.2, -0.15) is 0 Å². The van der Waals surface area contributed by atoms with Gasteiger partial charge in [-0.25, -0.2) is 0 Å². The molecule has 0 aromatic heterocycles. The summed E-state index contributed by atoms with van der Waals surface area (Å²) < 4.78 is 10.4. The monoisotopic (exact) mass is 197 g/mol. The number of hydrogen-bond acceptors (Lipinski definition) is 3. The maximum absolute atomic E-state index is 5.72. The Labute approximate surface area is 85.6 Å². The van der Waals surface area contributed by atoms with Crippen molar-refractivity contribution in [2.75, 3.05) is 26.9 Å². The van der Waals surface area contributed by atoms with Crippen molar-refractivity contribution in [3.05, 3.63) is 24.3 Å². The molecule has 14 heavy (non-hydrogen) atoms. The molecule has 0 amide bonds. The van der Waals surface area contributed by atoms with E-state index >= 15 is 0 Å². The predicted octanol–water partition coefficient (Wildman–Crippen LogP) is 1.11. The molecule has 2 atom stereocenters. The van der Waals surface area contributed by atoms with Gasteiger partial charge in [0.05, 0.1) is 25.9 Å². The van der Waals surface area contributed by atoms with Crippen molar-refractivity contribution in [1.82, 2.24) is 0 Å². The van der Waals surface area contributed by atoms with Crippen LogP contribution in [0, 0.1) is 5.92 Å². The molecular weight excluding hydrogens is 178 g/mol. The lowest BCUT2D eigenvalue weighted by atomic mass is 10.0. The minimum absolute atomic E-state index is 0.0110. The van der Waals surface area contributed by atoms with E-state index in [-0.39, 0.29) is 6.04 Å². The van der Waals surface area contributed by atoms with Crippen molar-refractivity contribution in [3.63, 3.8) is 0 Å². The predicted molar refractivity (Wildman–Crippen MR) is 57.1 cm³/mol. The number of nitrogens with two attached hydrogens (primary N) is 1. The van der Waals surface area contributed by atoms with Crippen molar-refractivity contribution in [1.29, 1.82) is 0 Å². The molecule has 2 N–H and O–H groups in total. The number of methoxy groups -OCH3 is 1. The molecule has 3 nitrogen and oxygen atoms in total. The van der Waals surface area contributed by atoms with Crippen LogP contribution in [0.25, 0.3) is 0 Å². The third kappa shape index (κ3) is 4.56. The van der Waals surface area contributed by atoms with Crippen LogP contribution in [-0.2, 0) is 9.47 Å². The standard InChI is InChI=1S/C11H19NO2/c1-13-8-11(12)9-14-7-10-5-3-2-4-6-10/h2-5,10-11H,6-9,12H2,1H3. The normalized spacial score (nSPS) is 22.6. The Morgan fingerprint density at radius 3 is 2.93 bits per heavy atom. The van der Waals surface area contributed by atoms with Crippen molar-refractivity contribution in [2.45, 2.75) is 12.5 Å². The second kappa shape index (κ2) is 6.76. The zero-order valence-electron chi connectivity index (χ0n) is 8.69. The van der Waals surface area contributed by atoms with Gasteiger partial charge >= 0.3 is 0 Å². The van der Waals surface area contributed by atoms with E-state index in [1.54, 1.807) is 7.11 Å². The molecule has 2 unspecified atom stereocenters. The Hall–Kier alpha value is -0.640. The molecule has 0 aliphatic heterocycles. The van der Waals surface area contributed by atoms with Crippen LogP contribution in [0.3, 0.4) is 0 Å². The fourth-order valence-electron chi connectivity index (χ4n) is 1.39. The average Bonchev–Trinajstić information content (AvgIpc) is 2.20. The summed E-state index contributed by atoms with van der Waals surface area (Å²) in [4.78, 5) is 0. The summed E-state index contributed by atoms with van der Waals surface area (Å²) in [5.41, 5.74) is 5.72. The van der Waals surface area contributed by atoms with E-state index in [0.29, 0.717) is 19.1 Å². The van der Waals surface area contributed by atoms with Crippen LogP contribution in [0.15, 0.2) is 24.3 Å². The molecule has 3 heteroatoms. The van der Waals surface area contributed by atoms with Crippen molar-refractivity contribution in [3.8, 4) is 0 Å². The van der Waals surface area contributed by atoms with Crippen LogP contribution >= 0.6 is 0 Å². The Kier molecular flexibility index (Phi) is 5.52. The van der Waals surface area contributed by atoms with E-state index in [1.165, 1.54) is 0 Å². The van der Waals surface area contributed by atoms with E-state index in [4.69, 9.17) is 15.2 Å². The number of ether oxygens (including phenoxy) is 2. The zero-order valence-corrected chi connectivity index (χ0v) is 8.69. The van der Waals surface area contributed by atoms with Gasteiger partial charge in [-0.3, -0.25) is 0 Å². The van der Waals surface area contributed by atoms with Crippen LogP contribution in [0.5, 0.6) is 0 Å². The highest BCUT2D eigenvalue weighted by Crippen LogP contribution is 2.11. The van der Waals surface area contributed by atoms with Crippen LogP contribution in [0.1, 0.15) is 6.42 Å². The largest absolute Gasteiger partial charge is 0.383 e. The third-order valence-corrected chi connectivity index (χ3v) is 2.11. The highest BCUT2D eigenvalue weighted by molar-refractivity contribution is 5.10. The summed E-state index contributed by atoms with van der Waals surface area (Å²) in [7, 11) is 1.65. The van der Waals surface area contributed by atoms with Gasteiger partial charge in [-0.05, 0) is 6.42 Å². The van der Waals surface area contributed by atoms with Crippen LogP contribution in [-0.4, -0.2) is 33.0 Å². The molecule has 0 radical (unpaired) electrons. The molecule has 0 aromatic carbocycles. The summed E-state index contributed by atoms with van der Waals surface area (Å²) in [6.45, 7) is 1.88. The first kappa shape index (κ1) is 11.4. The molecule has 1 aliphatic carbocycles. The van der Waals surface area contributed by atoms with Crippen LogP contribution in [0.2, 0.25) is 0 Å². The van der Waals surface area contributed by atoms with Gasteiger partial charge in [0.2, 0.25) is 0 Å². The van der Waals surface area contributed by atoms with Crippen LogP contribution < -0.4 is 5.73 Å². The molecule has 0 heterocycles. The maximum atomic E-state index is 5.72. The van der Waals surface area contributed by atoms with Crippen molar-refractivity contribution >= 4 is 0 Å². The molecule has 0 bridgehead atoms. The lowest BCUT2D eigenvalue weighted by Gasteiger charge is -2.15. The van der Waals surface area contributed by atoms with Gasteiger partial charge in [0, 0.05) is 13.0 Å². The SMILES string of the molecule is COCC(N)COCC1C=CC=CC1. The van der Waals surface area contributed by atoms with Crippen LogP contribution in [0.4, 0.5) is 0 Å². The van der Waals surface area contributed by atoms with E-state index in [0.717, 1.165) is 13.0 Å². The minimum Gasteiger partial charge on any atom is -0.383 e. The smallest absolute Gasteiger partial charge is 0.0640 e. The summed E-state index contributed by atoms with van der Waals surface area (Å²) in [6, 6.07) is -0.0110. The van der Waals surface area contributed by atoms with Gasteiger partial charge < -0.3 is 15.2 Å². The quantitative estimate of drug-likeness (QED) is 0.693. The van der Waals surface area contributed by atoms with Crippen molar-refractivity contribution in [2.24, 2.45) is 11.7 Å². The fourth-order valence-corrected chi connectivity index (χ4v) is 1.39. The minimum atomic E-state index is -0.0110. The maximum Gasteiger partial charge on any atom is 0.0640 e. The summed E-state index contributed by atoms with van der Waals surface area (Å²) in [6.07, 6.45) is 9.51. The summed E-state index contributed by atoms with van der Waals surface area (Å²) in [5.74, 6) is 0.509. The van der Waals surface area contributed by atoms with E-state index in [9.17, 15) is 0 Å². The Morgan fingerprint density at radius 1 is 1.43 bits per heavy atom. The lowest BCUT2D eigenvalue weighted by molar-refractivity contribution is 0.0741.